The Balaban J connectivity index is 1.70. The van der Waals surface area contributed by atoms with E-state index in [9.17, 15) is 4.79 Å². The van der Waals surface area contributed by atoms with Crippen molar-refractivity contribution in [3.8, 4) is 11.5 Å². The maximum Gasteiger partial charge on any atom is 0.407 e. The van der Waals surface area contributed by atoms with Gasteiger partial charge in [-0.25, -0.2) is 9.78 Å². The molecule has 3 rings (SSSR count). The molecule has 1 saturated heterocycles. The van der Waals surface area contributed by atoms with Crippen LogP contribution in [0.15, 0.2) is 22.9 Å². The van der Waals surface area contributed by atoms with Crippen LogP contribution in [-0.2, 0) is 4.74 Å². The topological polar surface area (TPSA) is 93.4 Å². The number of ether oxygens (including phenoxy) is 1. The first kappa shape index (κ1) is 17.2. The SMILES string of the molecule is Cc1noc(-c2cccnc2N2CC[C@@H](NC(=O)OC(C)(C)C)C2)n1. The smallest absolute Gasteiger partial charge is 0.407 e. The number of aromatic nitrogens is 3. The number of rotatable bonds is 3. The summed E-state index contributed by atoms with van der Waals surface area (Å²) in [6.45, 7) is 8.74. The lowest BCUT2D eigenvalue weighted by Gasteiger charge is -2.22. The van der Waals surface area contributed by atoms with Gasteiger partial charge in [-0.1, -0.05) is 5.16 Å². The van der Waals surface area contributed by atoms with Gasteiger partial charge in [0.15, 0.2) is 5.82 Å². The van der Waals surface area contributed by atoms with Gasteiger partial charge < -0.3 is 19.5 Å². The number of alkyl carbamates (subject to hydrolysis) is 1. The van der Waals surface area contributed by atoms with E-state index in [-0.39, 0.29) is 6.04 Å². The Morgan fingerprint density at radius 2 is 2.24 bits per heavy atom. The molecule has 8 heteroatoms. The predicted octanol–water partition coefficient (Wildman–Crippen LogP) is 2.54. The molecular formula is C17H23N5O3. The fourth-order valence-electron chi connectivity index (χ4n) is 2.77. The maximum absolute atomic E-state index is 11.9. The standard InChI is InChI=1S/C17H23N5O3/c1-11-19-15(25-21-11)13-6-5-8-18-14(13)22-9-7-12(10-22)20-16(23)24-17(2,3)4/h5-6,8,12H,7,9-10H2,1-4H3,(H,20,23)/t12-/m1/s1. The number of amides is 1. The average molecular weight is 345 g/mol. The molecule has 1 fully saturated rings. The van der Waals surface area contributed by atoms with Crippen molar-refractivity contribution in [3.63, 3.8) is 0 Å². The Bertz CT molecular complexity index is 753. The van der Waals surface area contributed by atoms with E-state index in [1.54, 1.807) is 13.1 Å². The van der Waals surface area contributed by atoms with Gasteiger partial charge in [0.05, 0.1) is 11.6 Å². The minimum absolute atomic E-state index is 0.00845. The third kappa shape index (κ3) is 4.26. The summed E-state index contributed by atoms with van der Waals surface area (Å²) in [5.74, 6) is 1.81. The van der Waals surface area contributed by atoms with E-state index in [2.05, 4.69) is 25.3 Å². The van der Waals surface area contributed by atoms with Gasteiger partial charge in [0, 0.05) is 19.3 Å². The minimum atomic E-state index is -0.508. The van der Waals surface area contributed by atoms with Gasteiger partial charge in [-0.05, 0) is 46.2 Å². The summed E-state index contributed by atoms with van der Waals surface area (Å²) >= 11 is 0. The van der Waals surface area contributed by atoms with Crippen LogP contribution in [0.5, 0.6) is 0 Å². The fourth-order valence-corrected chi connectivity index (χ4v) is 2.77. The molecule has 0 bridgehead atoms. The average Bonchev–Trinajstić information content (AvgIpc) is 3.14. The maximum atomic E-state index is 11.9. The van der Waals surface area contributed by atoms with Crippen molar-refractivity contribution < 1.29 is 14.1 Å². The third-order valence-corrected chi connectivity index (χ3v) is 3.75. The number of carbonyl (C=O) groups excluding carboxylic acids is 1. The lowest BCUT2D eigenvalue weighted by molar-refractivity contribution is 0.0509. The van der Waals surface area contributed by atoms with E-state index in [1.165, 1.54) is 0 Å². The molecule has 0 unspecified atom stereocenters. The highest BCUT2D eigenvalue weighted by Gasteiger charge is 2.29. The summed E-state index contributed by atoms with van der Waals surface area (Å²) in [7, 11) is 0. The largest absolute Gasteiger partial charge is 0.444 e. The summed E-state index contributed by atoms with van der Waals surface area (Å²) < 4.78 is 10.6. The second-order valence-electron chi connectivity index (χ2n) is 7.10. The lowest BCUT2D eigenvalue weighted by atomic mass is 10.2. The van der Waals surface area contributed by atoms with E-state index in [1.807, 2.05) is 32.9 Å². The molecule has 1 atom stereocenters. The van der Waals surface area contributed by atoms with Crippen molar-refractivity contribution >= 4 is 11.9 Å². The zero-order valence-corrected chi connectivity index (χ0v) is 14.9. The molecule has 0 saturated carbocycles. The molecule has 0 spiro atoms. The summed E-state index contributed by atoms with van der Waals surface area (Å²) in [5, 5.41) is 6.76. The highest BCUT2D eigenvalue weighted by atomic mass is 16.6. The molecule has 25 heavy (non-hydrogen) atoms. The van der Waals surface area contributed by atoms with Gasteiger partial charge in [-0.3, -0.25) is 0 Å². The molecule has 1 amide bonds. The van der Waals surface area contributed by atoms with Crippen LogP contribution in [0.1, 0.15) is 33.0 Å². The van der Waals surface area contributed by atoms with Gasteiger partial charge >= 0.3 is 6.09 Å². The number of pyridine rings is 1. The van der Waals surface area contributed by atoms with Crippen LogP contribution < -0.4 is 10.2 Å². The first-order chi connectivity index (χ1) is 11.8. The molecule has 1 aliphatic heterocycles. The van der Waals surface area contributed by atoms with E-state index in [0.717, 1.165) is 24.3 Å². The highest BCUT2D eigenvalue weighted by molar-refractivity contribution is 5.71. The number of hydrogen-bond donors (Lipinski definition) is 1. The van der Waals surface area contributed by atoms with Crippen LogP contribution >= 0.6 is 0 Å². The molecule has 1 aliphatic rings. The van der Waals surface area contributed by atoms with E-state index in [0.29, 0.717) is 18.3 Å². The minimum Gasteiger partial charge on any atom is -0.444 e. The van der Waals surface area contributed by atoms with Crippen molar-refractivity contribution in [2.45, 2.75) is 45.8 Å². The van der Waals surface area contributed by atoms with Crippen LogP contribution in [0, 0.1) is 6.92 Å². The van der Waals surface area contributed by atoms with Crippen LogP contribution in [0.3, 0.4) is 0 Å². The summed E-state index contributed by atoms with van der Waals surface area (Å²) in [6.07, 6.45) is 2.16. The normalized spacial score (nSPS) is 17.6. The van der Waals surface area contributed by atoms with Gasteiger partial charge in [0.25, 0.3) is 5.89 Å². The van der Waals surface area contributed by atoms with Crippen molar-refractivity contribution in [2.24, 2.45) is 0 Å². The quantitative estimate of drug-likeness (QED) is 0.913. The highest BCUT2D eigenvalue weighted by Crippen LogP contribution is 2.29. The molecule has 2 aromatic heterocycles. The van der Waals surface area contributed by atoms with Crippen LogP contribution in [0.4, 0.5) is 10.6 Å². The molecule has 2 aromatic rings. The molecule has 134 valence electrons. The number of nitrogens with zero attached hydrogens (tertiary/aromatic N) is 4. The number of anilines is 1. The van der Waals surface area contributed by atoms with Gasteiger partial charge in [0.1, 0.15) is 11.4 Å². The number of hydrogen-bond acceptors (Lipinski definition) is 7. The molecule has 3 heterocycles. The molecule has 1 N–H and O–H groups in total. The van der Waals surface area contributed by atoms with E-state index < -0.39 is 11.7 Å². The molecule has 0 radical (unpaired) electrons. The van der Waals surface area contributed by atoms with Crippen molar-refractivity contribution in [1.82, 2.24) is 20.4 Å². The Hall–Kier alpha value is -2.64. The third-order valence-electron chi connectivity index (χ3n) is 3.75. The Kier molecular flexibility index (Phi) is 4.61. The van der Waals surface area contributed by atoms with Gasteiger partial charge in [-0.15, -0.1) is 0 Å². The molecular weight excluding hydrogens is 322 g/mol. The van der Waals surface area contributed by atoms with Crippen molar-refractivity contribution in [3.05, 3.63) is 24.2 Å². The monoisotopic (exact) mass is 345 g/mol. The predicted molar refractivity (Wildman–Crippen MR) is 92.3 cm³/mol. The van der Waals surface area contributed by atoms with Gasteiger partial charge in [-0.2, -0.15) is 4.98 Å². The first-order valence-corrected chi connectivity index (χ1v) is 8.32. The zero-order chi connectivity index (χ0) is 18.0. The van der Waals surface area contributed by atoms with Gasteiger partial charge in [0.2, 0.25) is 0 Å². The Morgan fingerprint density at radius 1 is 1.44 bits per heavy atom. The van der Waals surface area contributed by atoms with Crippen molar-refractivity contribution in [2.75, 3.05) is 18.0 Å². The summed E-state index contributed by atoms with van der Waals surface area (Å²) in [4.78, 5) is 22.8. The van der Waals surface area contributed by atoms with E-state index >= 15 is 0 Å². The number of nitrogens with one attached hydrogen (secondary N) is 1. The second-order valence-corrected chi connectivity index (χ2v) is 7.10. The summed E-state index contributed by atoms with van der Waals surface area (Å²) in [6, 6.07) is 3.75. The first-order valence-electron chi connectivity index (χ1n) is 8.32. The Morgan fingerprint density at radius 3 is 2.92 bits per heavy atom. The number of aryl methyl sites for hydroxylation is 1. The zero-order valence-electron chi connectivity index (χ0n) is 14.9. The van der Waals surface area contributed by atoms with Crippen LogP contribution in [-0.4, -0.2) is 46.0 Å². The van der Waals surface area contributed by atoms with Crippen LogP contribution in [0.25, 0.3) is 11.5 Å². The summed E-state index contributed by atoms with van der Waals surface area (Å²) in [5.41, 5.74) is 0.285. The lowest BCUT2D eigenvalue weighted by Crippen LogP contribution is -2.40. The molecule has 0 aromatic carbocycles. The molecule has 8 nitrogen and oxygen atoms in total. The Labute approximate surface area is 146 Å². The van der Waals surface area contributed by atoms with E-state index in [4.69, 9.17) is 9.26 Å². The number of carbonyl (C=O) groups is 1. The second kappa shape index (κ2) is 6.70. The van der Waals surface area contributed by atoms with Crippen LogP contribution in [0.2, 0.25) is 0 Å². The van der Waals surface area contributed by atoms with Crippen molar-refractivity contribution in [1.29, 1.82) is 0 Å². The molecule has 0 aliphatic carbocycles. The fraction of sp³-hybridized carbons (Fsp3) is 0.529.